The minimum Gasteiger partial charge on any atom is -0.353 e. The SMILES string of the molecule is O=C(NC1CC2CCC(C1)N2Cc1csnn1)C1[C@@H]2[C@H]3CC[C@H](C3)[C@H]12. The topological polar surface area (TPSA) is 58.1 Å². The Morgan fingerprint density at radius 1 is 1.12 bits per heavy atom. The van der Waals surface area contributed by atoms with Crippen LogP contribution >= 0.6 is 11.5 Å². The average molecular weight is 359 g/mol. The van der Waals surface area contributed by atoms with Crippen LogP contribution in [0.1, 0.15) is 50.6 Å². The summed E-state index contributed by atoms with van der Waals surface area (Å²) in [5, 5.41) is 9.75. The second-order valence-corrected chi connectivity index (χ2v) is 9.75. The van der Waals surface area contributed by atoms with Crippen molar-refractivity contribution in [1.82, 2.24) is 19.8 Å². The summed E-state index contributed by atoms with van der Waals surface area (Å²) in [6.45, 7) is 0.933. The molecule has 3 heterocycles. The van der Waals surface area contributed by atoms with Crippen molar-refractivity contribution in [2.75, 3.05) is 0 Å². The molecular formula is C19H26N4OS. The molecule has 2 saturated heterocycles. The number of fused-ring (bicyclic) bond motifs is 7. The monoisotopic (exact) mass is 358 g/mol. The van der Waals surface area contributed by atoms with Gasteiger partial charge < -0.3 is 5.32 Å². The van der Waals surface area contributed by atoms with E-state index in [1.54, 1.807) is 0 Å². The molecule has 1 aromatic heterocycles. The van der Waals surface area contributed by atoms with Crippen LogP contribution in [0.2, 0.25) is 0 Å². The van der Waals surface area contributed by atoms with Gasteiger partial charge in [-0.1, -0.05) is 4.49 Å². The van der Waals surface area contributed by atoms with Crippen LogP contribution in [0.3, 0.4) is 0 Å². The van der Waals surface area contributed by atoms with Crippen molar-refractivity contribution in [1.29, 1.82) is 0 Å². The molecule has 3 unspecified atom stereocenters. The molecule has 5 fully saturated rings. The molecule has 4 bridgehead atoms. The fourth-order valence-corrected chi connectivity index (χ4v) is 7.51. The lowest BCUT2D eigenvalue weighted by atomic mass is 9.96. The van der Waals surface area contributed by atoms with Crippen LogP contribution in [0.5, 0.6) is 0 Å². The van der Waals surface area contributed by atoms with Crippen molar-refractivity contribution < 1.29 is 4.79 Å². The van der Waals surface area contributed by atoms with Crippen LogP contribution in [0, 0.1) is 29.6 Å². The average Bonchev–Trinajstić information content (AvgIpc) is 3.02. The number of hydrogen-bond donors (Lipinski definition) is 1. The molecule has 5 aliphatic rings. The molecule has 3 saturated carbocycles. The Balaban J connectivity index is 1.08. The maximum absolute atomic E-state index is 12.8. The zero-order valence-corrected chi connectivity index (χ0v) is 15.3. The van der Waals surface area contributed by atoms with Crippen LogP contribution in [0.15, 0.2) is 5.38 Å². The molecule has 6 rings (SSSR count). The Kier molecular flexibility index (Phi) is 3.31. The number of rotatable bonds is 4. The van der Waals surface area contributed by atoms with Gasteiger partial charge in [-0.2, -0.15) is 0 Å². The van der Waals surface area contributed by atoms with Crippen LogP contribution in [0.4, 0.5) is 0 Å². The van der Waals surface area contributed by atoms with Gasteiger partial charge in [0.1, 0.15) is 0 Å². The maximum Gasteiger partial charge on any atom is 0.223 e. The summed E-state index contributed by atoms with van der Waals surface area (Å²) in [6.07, 6.45) is 8.99. The highest BCUT2D eigenvalue weighted by atomic mass is 32.1. The summed E-state index contributed by atoms with van der Waals surface area (Å²) >= 11 is 1.44. The van der Waals surface area contributed by atoms with E-state index in [1.165, 1.54) is 43.6 Å². The zero-order valence-electron chi connectivity index (χ0n) is 14.5. The normalized spacial score (nSPS) is 47.0. The summed E-state index contributed by atoms with van der Waals surface area (Å²) in [5.74, 6) is 4.06. The standard InChI is InChI=1S/C19H26N4OS/c24-19(18-16-10-1-2-11(5-10)17(16)18)20-12-6-14-3-4-15(7-12)23(14)8-13-9-25-22-21-13/h9-12,14-18H,1-8H2,(H,20,24)/t10-,11+,12?,14?,15?,16+,17-,18?. The van der Waals surface area contributed by atoms with Crippen LogP contribution in [-0.2, 0) is 11.3 Å². The lowest BCUT2D eigenvalue weighted by molar-refractivity contribution is -0.124. The van der Waals surface area contributed by atoms with Crippen molar-refractivity contribution in [2.45, 2.75) is 69.6 Å². The van der Waals surface area contributed by atoms with E-state index in [0.29, 0.717) is 30.0 Å². The summed E-state index contributed by atoms with van der Waals surface area (Å²) < 4.78 is 3.99. The first-order valence-electron chi connectivity index (χ1n) is 10.1. The van der Waals surface area contributed by atoms with Gasteiger partial charge >= 0.3 is 0 Å². The minimum atomic E-state index is 0.378. The molecular weight excluding hydrogens is 332 g/mol. The largest absolute Gasteiger partial charge is 0.353 e. The van der Waals surface area contributed by atoms with E-state index in [1.807, 2.05) is 0 Å². The predicted octanol–water partition coefficient (Wildman–Crippen LogP) is 2.44. The molecule has 0 aromatic carbocycles. The van der Waals surface area contributed by atoms with E-state index in [4.69, 9.17) is 0 Å². The second-order valence-electron chi connectivity index (χ2n) is 9.14. The van der Waals surface area contributed by atoms with Gasteiger partial charge in [-0.05, 0) is 80.1 Å². The highest BCUT2D eigenvalue weighted by Crippen LogP contribution is 2.69. The summed E-state index contributed by atoms with van der Waals surface area (Å²) in [6, 6.07) is 1.62. The zero-order chi connectivity index (χ0) is 16.5. The van der Waals surface area contributed by atoms with Crippen molar-refractivity contribution >= 4 is 17.4 Å². The molecule has 5 nitrogen and oxygen atoms in total. The number of amides is 1. The van der Waals surface area contributed by atoms with E-state index < -0.39 is 0 Å². The van der Waals surface area contributed by atoms with Crippen molar-refractivity contribution in [2.24, 2.45) is 29.6 Å². The lowest BCUT2D eigenvalue weighted by Gasteiger charge is -2.38. The first-order valence-corrected chi connectivity index (χ1v) is 10.9. The molecule has 6 heteroatoms. The van der Waals surface area contributed by atoms with E-state index >= 15 is 0 Å². The Morgan fingerprint density at radius 3 is 2.48 bits per heavy atom. The molecule has 0 radical (unpaired) electrons. The van der Waals surface area contributed by atoms with Gasteiger partial charge in [0.05, 0.1) is 5.69 Å². The predicted molar refractivity (Wildman–Crippen MR) is 94.7 cm³/mol. The Labute approximate surface area is 152 Å². The molecule has 0 spiro atoms. The number of hydrogen-bond acceptors (Lipinski definition) is 5. The number of carbonyl (C=O) groups is 1. The van der Waals surface area contributed by atoms with Gasteiger partial charge in [-0.15, -0.1) is 5.10 Å². The van der Waals surface area contributed by atoms with Crippen LogP contribution in [-0.4, -0.2) is 38.5 Å². The number of nitrogens with one attached hydrogen (secondary N) is 1. The van der Waals surface area contributed by atoms with Crippen LogP contribution in [0.25, 0.3) is 0 Å². The number of nitrogens with zero attached hydrogens (tertiary/aromatic N) is 3. The van der Waals surface area contributed by atoms with E-state index in [0.717, 1.165) is 48.8 Å². The van der Waals surface area contributed by atoms with Gasteiger partial charge in [-0.3, -0.25) is 9.69 Å². The van der Waals surface area contributed by atoms with Gasteiger partial charge in [0.2, 0.25) is 5.91 Å². The molecule has 1 amide bonds. The van der Waals surface area contributed by atoms with E-state index in [9.17, 15) is 4.79 Å². The van der Waals surface area contributed by atoms with Crippen molar-refractivity contribution in [3.63, 3.8) is 0 Å². The molecule has 3 aliphatic carbocycles. The maximum atomic E-state index is 12.8. The van der Waals surface area contributed by atoms with Crippen molar-refractivity contribution in [3.8, 4) is 0 Å². The fourth-order valence-electron chi connectivity index (χ4n) is 7.06. The molecule has 1 aromatic rings. The van der Waals surface area contributed by atoms with Gasteiger partial charge in [-0.25, -0.2) is 0 Å². The lowest BCUT2D eigenvalue weighted by Crippen LogP contribution is -2.50. The summed E-state index contributed by atoms with van der Waals surface area (Å²) in [5.41, 5.74) is 1.10. The fraction of sp³-hybridized carbons (Fsp3) is 0.842. The first-order chi connectivity index (χ1) is 12.3. The number of piperidine rings is 1. The third kappa shape index (κ3) is 2.33. The highest BCUT2D eigenvalue weighted by molar-refractivity contribution is 7.03. The number of aromatic nitrogens is 2. The number of carbonyl (C=O) groups excluding carboxylic acids is 1. The molecule has 1 N–H and O–H groups in total. The summed E-state index contributed by atoms with van der Waals surface area (Å²) in [4.78, 5) is 15.5. The van der Waals surface area contributed by atoms with Crippen molar-refractivity contribution in [3.05, 3.63) is 11.1 Å². The summed E-state index contributed by atoms with van der Waals surface area (Å²) in [7, 11) is 0. The quantitative estimate of drug-likeness (QED) is 0.898. The van der Waals surface area contributed by atoms with E-state index in [2.05, 4.69) is 25.2 Å². The Bertz CT molecular complexity index is 649. The van der Waals surface area contributed by atoms with Gasteiger partial charge in [0.15, 0.2) is 0 Å². The van der Waals surface area contributed by atoms with Gasteiger partial charge in [0, 0.05) is 36.0 Å². The third-order valence-corrected chi connectivity index (χ3v) is 8.57. The first kappa shape index (κ1) is 15.1. The third-order valence-electron chi connectivity index (χ3n) is 8.02. The second kappa shape index (κ2) is 5.49. The van der Waals surface area contributed by atoms with Gasteiger partial charge in [0.25, 0.3) is 0 Å². The molecule has 7 atom stereocenters. The highest BCUT2D eigenvalue weighted by Gasteiger charge is 2.67. The smallest absolute Gasteiger partial charge is 0.223 e. The minimum absolute atomic E-state index is 0.378. The molecule has 2 aliphatic heterocycles. The van der Waals surface area contributed by atoms with Crippen LogP contribution < -0.4 is 5.32 Å². The van der Waals surface area contributed by atoms with E-state index in [-0.39, 0.29) is 0 Å². The molecule has 25 heavy (non-hydrogen) atoms. The Hall–Kier alpha value is -1.01. The molecule has 134 valence electrons. The Morgan fingerprint density at radius 2 is 1.84 bits per heavy atom.